The van der Waals surface area contributed by atoms with E-state index in [0.717, 1.165) is 24.3 Å². The van der Waals surface area contributed by atoms with Crippen LogP contribution in [0.15, 0.2) is 36.5 Å². The molecule has 3 aromatic rings. The average Bonchev–Trinajstić information content (AvgIpc) is 3.17. The molecule has 1 aromatic carbocycles. The first-order valence-corrected chi connectivity index (χ1v) is 9.21. The van der Waals surface area contributed by atoms with Crippen molar-refractivity contribution in [1.82, 2.24) is 24.8 Å². The number of carbonyl (C=O) groups is 1. The molecular weight excluding hydrogens is 358 g/mol. The Morgan fingerprint density at radius 3 is 2.75 bits per heavy atom. The van der Waals surface area contributed by atoms with Crippen LogP contribution in [-0.4, -0.2) is 65.3 Å². The van der Waals surface area contributed by atoms with Crippen LogP contribution >= 0.6 is 0 Å². The van der Waals surface area contributed by atoms with Gasteiger partial charge in [-0.05, 0) is 31.2 Å². The summed E-state index contributed by atoms with van der Waals surface area (Å²) in [5.74, 6) is 1.21. The quantitative estimate of drug-likeness (QED) is 0.743. The van der Waals surface area contributed by atoms with Crippen LogP contribution in [0.25, 0.3) is 16.9 Å². The van der Waals surface area contributed by atoms with Crippen LogP contribution in [0.4, 0.5) is 0 Å². The molecule has 28 heavy (non-hydrogen) atoms. The van der Waals surface area contributed by atoms with Crippen molar-refractivity contribution in [1.29, 1.82) is 0 Å². The number of hydrogen-bond donors (Lipinski definition) is 1. The molecule has 1 aliphatic rings. The van der Waals surface area contributed by atoms with Gasteiger partial charge >= 0.3 is 0 Å². The number of methoxy groups -OCH3 is 2. The minimum absolute atomic E-state index is 0.0715. The first-order chi connectivity index (χ1) is 13.6. The number of nitrogens with one attached hydrogen (secondary N) is 1. The fourth-order valence-corrected chi connectivity index (χ4v) is 3.50. The zero-order valence-corrected chi connectivity index (χ0v) is 16.2. The van der Waals surface area contributed by atoms with E-state index in [-0.39, 0.29) is 11.9 Å². The average molecular weight is 381 g/mol. The van der Waals surface area contributed by atoms with Gasteiger partial charge in [0, 0.05) is 43.5 Å². The number of hydrogen-bond acceptors (Lipinski definition) is 6. The second kappa shape index (κ2) is 7.47. The van der Waals surface area contributed by atoms with Crippen molar-refractivity contribution >= 4 is 11.6 Å². The summed E-state index contributed by atoms with van der Waals surface area (Å²) >= 11 is 0. The number of carbonyl (C=O) groups excluding carboxylic acids is 1. The molecule has 8 nitrogen and oxygen atoms in total. The van der Waals surface area contributed by atoms with Crippen molar-refractivity contribution in [2.45, 2.75) is 13.0 Å². The Hall–Kier alpha value is -3.13. The van der Waals surface area contributed by atoms with E-state index in [1.807, 2.05) is 36.1 Å². The number of nitrogens with zero attached hydrogens (tertiary/aromatic N) is 4. The summed E-state index contributed by atoms with van der Waals surface area (Å²) in [4.78, 5) is 19.2. The van der Waals surface area contributed by atoms with Crippen molar-refractivity contribution < 1.29 is 14.3 Å². The third kappa shape index (κ3) is 3.16. The number of piperazine rings is 1. The van der Waals surface area contributed by atoms with E-state index < -0.39 is 0 Å². The highest BCUT2D eigenvalue weighted by Gasteiger charge is 2.26. The Kier molecular flexibility index (Phi) is 4.87. The molecule has 0 saturated carbocycles. The van der Waals surface area contributed by atoms with Crippen LogP contribution in [-0.2, 0) is 0 Å². The molecular formula is C20H23N5O3. The standard InChI is InChI=1S/C20H23N5O3/c1-13-12-21-8-9-24(13)20(26)15-11-19-22-7-6-16(25(19)23-15)14-4-5-17(27-2)18(10-14)28-3/h4-7,10-11,13,21H,8-9,12H2,1-3H3/t13-/m1/s1. The predicted molar refractivity (Wildman–Crippen MR) is 105 cm³/mol. The molecule has 1 amide bonds. The van der Waals surface area contributed by atoms with E-state index >= 15 is 0 Å². The highest BCUT2D eigenvalue weighted by atomic mass is 16.5. The van der Waals surface area contributed by atoms with Gasteiger partial charge in [0.15, 0.2) is 22.8 Å². The zero-order valence-electron chi connectivity index (χ0n) is 16.2. The molecule has 1 atom stereocenters. The van der Waals surface area contributed by atoms with E-state index in [2.05, 4.69) is 15.4 Å². The number of rotatable bonds is 4. The van der Waals surface area contributed by atoms with E-state index in [4.69, 9.17) is 9.47 Å². The molecule has 0 radical (unpaired) electrons. The van der Waals surface area contributed by atoms with Crippen LogP contribution in [0.5, 0.6) is 11.5 Å². The van der Waals surface area contributed by atoms with Gasteiger partial charge in [0.25, 0.3) is 5.91 Å². The smallest absolute Gasteiger partial charge is 0.274 e. The van der Waals surface area contributed by atoms with Crippen LogP contribution in [0.1, 0.15) is 17.4 Å². The van der Waals surface area contributed by atoms with Gasteiger partial charge < -0.3 is 19.7 Å². The summed E-state index contributed by atoms with van der Waals surface area (Å²) in [6.45, 7) is 4.28. The number of amides is 1. The topological polar surface area (TPSA) is 81.0 Å². The van der Waals surface area contributed by atoms with Crippen LogP contribution < -0.4 is 14.8 Å². The second-order valence-corrected chi connectivity index (χ2v) is 6.75. The zero-order chi connectivity index (χ0) is 19.7. The lowest BCUT2D eigenvalue weighted by molar-refractivity contribution is 0.0649. The van der Waals surface area contributed by atoms with E-state index in [9.17, 15) is 4.79 Å². The van der Waals surface area contributed by atoms with Gasteiger partial charge in [-0.3, -0.25) is 4.79 Å². The van der Waals surface area contributed by atoms with E-state index in [0.29, 0.717) is 29.4 Å². The van der Waals surface area contributed by atoms with Gasteiger partial charge in [0.05, 0.1) is 19.9 Å². The van der Waals surface area contributed by atoms with Crippen molar-refractivity contribution in [3.05, 3.63) is 42.2 Å². The largest absolute Gasteiger partial charge is 0.493 e. The molecule has 0 unspecified atom stereocenters. The maximum atomic E-state index is 13.0. The molecule has 1 fully saturated rings. The Bertz CT molecular complexity index is 1020. The molecule has 3 heterocycles. The molecule has 1 aliphatic heterocycles. The highest BCUT2D eigenvalue weighted by molar-refractivity contribution is 5.93. The first-order valence-electron chi connectivity index (χ1n) is 9.21. The third-order valence-corrected chi connectivity index (χ3v) is 5.02. The highest BCUT2D eigenvalue weighted by Crippen LogP contribution is 2.32. The molecule has 0 spiro atoms. The molecule has 0 aliphatic carbocycles. The summed E-state index contributed by atoms with van der Waals surface area (Å²) < 4.78 is 12.4. The Labute approximate surface area is 163 Å². The van der Waals surface area contributed by atoms with Crippen LogP contribution in [0.2, 0.25) is 0 Å². The van der Waals surface area contributed by atoms with Gasteiger partial charge in [-0.1, -0.05) is 0 Å². The van der Waals surface area contributed by atoms with Gasteiger partial charge in [-0.25, -0.2) is 9.50 Å². The number of ether oxygens (including phenoxy) is 2. The minimum Gasteiger partial charge on any atom is -0.493 e. The third-order valence-electron chi connectivity index (χ3n) is 5.02. The lowest BCUT2D eigenvalue weighted by Gasteiger charge is -2.33. The molecule has 8 heteroatoms. The lowest BCUT2D eigenvalue weighted by atomic mass is 10.1. The minimum atomic E-state index is -0.0715. The van der Waals surface area contributed by atoms with Crippen molar-refractivity contribution in [2.24, 2.45) is 0 Å². The maximum absolute atomic E-state index is 13.0. The SMILES string of the molecule is COc1ccc(-c2ccnc3cc(C(=O)N4CCNC[C@H]4C)nn23)cc1OC. The predicted octanol–water partition coefficient (Wildman–Crippen LogP) is 1.85. The summed E-state index contributed by atoms with van der Waals surface area (Å²) in [5.41, 5.74) is 2.73. The van der Waals surface area contributed by atoms with Gasteiger partial charge in [0.1, 0.15) is 0 Å². The fraction of sp³-hybridized carbons (Fsp3) is 0.350. The monoisotopic (exact) mass is 381 g/mol. The molecule has 4 rings (SSSR count). The summed E-state index contributed by atoms with van der Waals surface area (Å²) in [6, 6.07) is 9.39. The van der Waals surface area contributed by atoms with Gasteiger partial charge in [-0.15, -0.1) is 0 Å². The molecule has 1 saturated heterocycles. The van der Waals surface area contributed by atoms with Gasteiger partial charge in [0.2, 0.25) is 0 Å². The number of aromatic nitrogens is 3. The summed E-state index contributed by atoms with van der Waals surface area (Å²) in [6.07, 6.45) is 1.71. The summed E-state index contributed by atoms with van der Waals surface area (Å²) in [7, 11) is 3.20. The van der Waals surface area contributed by atoms with Crippen LogP contribution in [0, 0.1) is 0 Å². The Morgan fingerprint density at radius 2 is 2.00 bits per heavy atom. The summed E-state index contributed by atoms with van der Waals surface area (Å²) in [5, 5.41) is 7.86. The molecule has 1 N–H and O–H groups in total. The van der Waals surface area contributed by atoms with Crippen molar-refractivity contribution in [3.8, 4) is 22.8 Å². The lowest BCUT2D eigenvalue weighted by Crippen LogP contribution is -2.52. The van der Waals surface area contributed by atoms with Crippen molar-refractivity contribution in [2.75, 3.05) is 33.9 Å². The fourth-order valence-electron chi connectivity index (χ4n) is 3.50. The molecule has 146 valence electrons. The number of fused-ring (bicyclic) bond motifs is 1. The van der Waals surface area contributed by atoms with Gasteiger partial charge in [-0.2, -0.15) is 5.10 Å². The van der Waals surface area contributed by atoms with E-state index in [1.54, 1.807) is 31.0 Å². The normalized spacial score (nSPS) is 17.0. The second-order valence-electron chi connectivity index (χ2n) is 6.75. The van der Waals surface area contributed by atoms with Crippen molar-refractivity contribution in [3.63, 3.8) is 0 Å². The van der Waals surface area contributed by atoms with Crippen LogP contribution in [0.3, 0.4) is 0 Å². The molecule has 0 bridgehead atoms. The molecule has 2 aromatic heterocycles. The first kappa shape index (κ1) is 18.2. The number of benzene rings is 1. The maximum Gasteiger partial charge on any atom is 0.274 e. The Balaban J connectivity index is 1.74. The Morgan fingerprint density at radius 1 is 1.18 bits per heavy atom. The van der Waals surface area contributed by atoms with E-state index in [1.165, 1.54) is 0 Å².